The molecule has 4 rings (SSSR count). The lowest BCUT2D eigenvalue weighted by Gasteiger charge is -2.17. The number of nitrogens with zero attached hydrogens (tertiary/aromatic N) is 2. The number of ether oxygens (including phenoxy) is 1. The second-order valence-electron chi connectivity index (χ2n) is 7.27. The summed E-state index contributed by atoms with van der Waals surface area (Å²) in [6.07, 6.45) is 4.79. The van der Waals surface area contributed by atoms with Crippen LogP contribution >= 0.6 is 0 Å². The van der Waals surface area contributed by atoms with Crippen LogP contribution in [0.1, 0.15) is 12.8 Å². The molecule has 1 saturated carbocycles. The fourth-order valence-corrected chi connectivity index (χ4v) is 4.52. The molecule has 2 bridgehead atoms. The number of nitro groups is 1. The van der Waals surface area contributed by atoms with Crippen LogP contribution < -0.4 is 10.1 Å². The van der Waals surface area contributed by atoms with Crippen molar-refractivity contribution in [2.24, 2.45) is 23.7 Å². The van der Waals surface area contributed by atoms with Gasteiger partial charge in [-0.1, -0.05) is 12.2 Å². The Hall–Kier alpha value is -3.23. The molecule has 0 spiro atoms. The fraction of sp³-hybridized carbons (Fsp3) is 0.421. The van der Waals surface area contributed by atoms with E-state index in [0.717, 1.165) is 6.42 Å². The Labute approximate surface area is 160 Å². The second kappa shape index (κ2) is 6.74. The number of allylic oxidation sites excluding steroid dienone is 2. The van der Waals surface area contributed by atoms with Gasteiger partial charge in [-0.2, -0.15) is 0 Å². The molecule has 9 heteroatoms. The number of hydrogen-bond acceptors (Lipinski definition) is 6. The maximum absolute atomic E-state index is 12.6. The molecule has 28 heavy (non-hydrogen) atoms. The Kier molecular flexibility index (Phi) is 4.37. The summed E-state index contributed by atoms with van der Waals surface area (Å²) >= 11 is 0. The molecule has 1 heterocycles. The minimum absolute atomic E-state index is 0.00676. The summed E-state index contributed by atoms with van der Waals surface area (Å²) in [5, 5.41) is 13.5. The van der Waals surface area contributed by atoms with E-state index in [1.54, 1.807) is 0 Å². The number of carbonyl (C=O) groups excluding carboxylic acids is 3. The molecule has 1 saturated heterocycles. The van der Waals surface area contributed by atoms with Gasteiger partial charge in [0.05, 0.1) is 29.6 Å². The summed E-state index contributed by atoms with van der Waals surface area (Å²) in [5.41, 5.74) is -0.0170. The van der Waals surface area contributed by atoms with Gasteiger partial charge in [0.25, 0.3) is 5.69 Å². The van der Waals surface area contributed by atoms with Crippen LogP contribution in [0, 0.1) is 33.8 Å². The lowest BCUT2D eigenvalue weighted by Crippen LogP contribution is -2.35. The third-order valence-electron chi connectivity index (χ3n) is 5.79. The van der Waals surface area contributed by atoms with Gasteiger partial charge in [0.2, 0.25) is 17.7 Å². The summed E-state index contributed by atoms with van der Waals surface area (Å²) < 4.78 is 5.11. The van der Waals surface area contributed by atoms with Crippen LogP contribution in [0.3, 0.4) is 0 Å². The van der Waals surface area contributed by atoms with Crippen LogP contribution in [0.4, 0.5) is 11.4 Å². The molecule has 2 aliphatic carbocycles. The Bertz CT molecular complexity index is 881. The topological polar surface area (TPSA) is 119 Å². The molecular weight excluding hydrogens is 366 g/mol. The van der Waals surface area contributed by atoms with Gasteiger partial charge in [-0.3, -0.25) is 29.4 Å². The quantitative estimate of drug-likeness (QED) is 0.345. The number of amides is 3. The highest BCUT2D eigenvalue weighted by Crippen LogP contribution is 2.52. The zero-order valence-electron chi connectivity index (χ0n) is 15.2. The number of nitro benzene ring substituents is 1. The molecule has 3 amide bonds. The third-order valence-corrected chi connectivity index (χ3v) is 5.79. The number of carbonyl (C=O) groups is 3. The number of methoxy groups -OCH3 is 1. The molecule has 4 unspecified atom stereocenters. The number of nitrogens with one attached hydrogen (secondary N) is 1. The highest BCUT2D eigenvalue weighted by molar-refractivity contribution is 6.06. The predicted octanol–water partition coefficient (Wildman–Crippen LogP) is 1.74. The highest BCUT2D eigenvalue weighted by Gasteiger charge is 2.59. The van der Waals surface area contributed by atoms with E-state index in [-0.39, 0.29) is 65.6 Å². The number of fused-ring (bicyclic) bond motifs is 5. The van der Waals surface area contributed by atoms with E-state index in [1.807, 2.05) is 12.2 Å². The maximum atomic E-state index is 12.6. The third kappa shape index (κ3) is 2.83. The van der Waals surface area contributed by atoms with Gasteiger partial charge in [0.1, 0.15) is 5.75 Å². The van der Waals surface area contributed by atoms with Gasteiger partial charge in [0, 0.05) is 25.1 Å². The van der Waals surface area contributed by atoms with E-state index >= 15 is 0 Å². The summed E-state index contributed by atoms with van der Waals surface area (Å²) in [6, 6.07) is 3.87. The molecule has 1 N–H and O–H groups in total. The molecule has 9 nitrogen and oxygen atoms in total. The van der Waals surface area contributed by atoms with Crippen molar-refractivity contribution in [2.45, 2.75) is 12.8 Å². The number of benzene rings is 1. The first-order chi connectivity index (χ1) is 13.4. The van der Waals surface area contributed by atoms with E-state index < -0.39 is 10.8 Å². The fourth-order valence-electron chi connectivity index (χ4n) is 4.52. The van der Waals surface area contributed by atoms with Crippen molar-refractivity contribution in [3.05, 3.63) is 40.5 Å². The van der Waals surface area contributed by atoms with Crippen molar-refractivity contribution in [3.8, 4) is 5.75 Å². The summed E-state index contributed by atoms with van der Waals surface area (Å²) in [4.78, 5) is 49.1. The van der Waals surface area contributed by atoms with E-state index in [2.05, 4.69) is 5.32 Å². The normalized spacial score (nSPS) is 27.2. The zero-order valence-corrected chi connectivity index (χ0v) is 15.2. The Morgan fingerprint density at radius 3 is 2.46 bits per heavy atom. The molecule has 146 valence electrons. The molecule has 0 radical (unpaired) electrons. The average molecular weight is 385 g/mol. The average Bonchev–Trinajstić information content (AvgIpc) is 3.34. The minimum atomic E-state index is -0.572. The molecule has 1 aliphatic heterocycles. The summed E-state index contributed by atoms with van der Waals surface area (Å²) in [5.74, 6) is -0.911. The van der Waals surface area contributed by atoms with Crippen LogP contribution in [-0.4, -0.2) is 41.2 Å². The minimum Gasteiger partial charge on any atom is -0.495 e. The SMILES string of the molecule is COc1ccc([N+](=O)[O-])cc1NC(=O)CCN1C(=O)C2C3C=CC(C3)C2C1=O. The van der Waals surface area contributed by atoms with Crippen molar-refractivity contribution < 1.29 is 24.0 Å². The molecule has 1 aromatic carbocycles. The number of imide groups is 1. The summed E-state index contributed by atoms with van der Waals surface area (Å²) in [7, 11) is 1.39. The Balaban J connectivity index is 1.41. The molecular formula is C19H19N3O6. The lowest BCUT2D eigenvalue weighted by atomic mass is 9.85. The first-order valence-electron chi connectivity index (χ1n) is 9.06. The highest BCUT2D eigenvalue weighted by atomic mass is 16.6. The lowest BCUT2D eigenvalue weighted by molar-refractivity contribution is -0.384. The predicted molar refractivity (Wildman–Crippen MR) is 97.3 cm³/mol. The van der Waals surface area contributed by atoms with E-state index in [0.29, 0.717) is 0 Å². The van der Waals surface area contributed by atoms with Crippen molar-refractivity contribution >= 4 is 29.1 Å². The van der Waals surface area contributed by atoms with Crippen molar-refractivity contribution in [3.63, 3.8) is 0 Å². The van der Waals surface area contributed by atoms with Crippen LogP contribution in [0.2, 0.25) is 0 Å². The number of anilines is 1. The number of rotatable bonds is 6. The van der Waals surface area contributed by atoms with Gasteiger partial charge in [0.15, 0.2) is 0 Å². The van der Waals surface area contributed by atoms with Gasteiger partial charge in [-0.25, -0.2) is 0 Å². The van der Waals surface area contributed by atoms with Crippen molar-refractivity contribution in [2.75, 3.05) is 19.0 Å². The second-order valence-corrected chi connectivity index (χ2v) is 7.27. The molecule has 2 fully saturated rings. The van der Waals surface area contributed by atoms with Crippen molar-refractivity contribution in [1.82, 2.24) is 4.90 Å². The smallest absolute Gasteiger partial charge is 0.271 e. The van der Waals surface area contributed by atoms with Crippen LogP contribution in [0.5, 0.6) is 5.75 Å². The van der Waals surface area contributed by atoms with Gasteiger partial charge in [-0.05, 0) is 24.3 Å². The van der Waals surface area contributed by atoms with Crippen LogP contribution in [-0.2, 0) is 14.4 Å². The monoisotopic (exact) mass is 385 g/mol. The number of likely N-dealkylation sites (tertiary alicyclic amines) is 1. The zero-order chi connectivity index (χ0) is 20.0. The van der Waals surface area contributed by atoms with E-state index in [4.69, 9.17) is 4.74 Å². The Morgan fingerprint density at radius 1 is 1.25 bits per heavy atom. The Morgan fingerprint density at radius 2 is 1.89 bits per heavy atom. The number of hydrogen-bond donors (Lipinski definition) is 1. The first-order valence-corrected chi connectivity index (χ1v) is 9.06. The van der Waals surface area contributed by atoms with E-state index in [9.17, 15) is 24.5 Å². The van der Waals surface area contributed by atoms with Gasteiger partial charge >= 0.3 is 0 Å². The van der Waals surface area contributed by atoms with Gasteiger partial charge in [-0.15, -0.1) is 0 Å². The standard InChI is InChI=1S/C19H19N3O6/c1-28-14-5-4-12(22(26)27)9-13(14)20-15(23)6-7-21-18(24)16-10-2-3-11(8-10)17(16)19(21)25/h2-5,9-11,16-17H,6-8H2,1H3,(H,20,23). The molecule has 0 aromatic heterocycles. The largest absolute Gasteiger partial charge is 0.495 e. The maximum Gasteiger partial charge on any atom is 0.271 e. The molecule has 1 aromatic rings. The summed E-state index contributed by atoms with van der Waals surface area (Å²) in [6.45, 7) is -0.00676. The van der Waals surface area contributed by atoms with E-state index in [1.165, 1.54) is 30.2 Å². The van der Waals surface area contributed by atoms with Gasteiger partial charge < -0.3 is 10.1 Å². The van der Waals surface area contributed by atoms with Crippen LogP contribution in [0.25, 0.3) is 0 Å². The van der Waals surface area contributed by atoms with Crippen LogP contribution in [0.15, 0.2) is 30.4 Å². The number of non-ortho nitro benzene ring substituents is 1. The molecule has 4 atom stereocenters. The van der Waals surface area contributed by atoms with Crippen molar-refractivity contribution in [1.29, 1.82) is 0 Å². The first kappa shape index (κ1) is 18.1. The molecule has 3 aliphatic rings.